The van der Waals surface area contributed by atoms with E-state index in [1.165, 1.54) is 32.1 Å². The number of phosphoric ester groups is 1. The quantitative estimate of drug-likeness (QED) is 0.0627. The predicted molar refractivity (Wildman–Crippen MR) is 161 cm³/mol. The topological polar surface area (TPSA) is 122 Å². The lowest BCUT2D eigenvalue weighted by molar-refractivity contribution is -0.121. The number of nitrogens with one attached hydrogen (secondary N) is 1. The van der Waals surface area contributed by atoms with Crippen LogP contribution in [0.5, 0.6) is 0 Å². The average Bonchev–Trinajstić information content (AvgIpc) is 3.19. The van der Waals surface area contributed by atoms with Gasteiger partial charge in [-0.05, 0) is 57.1 Å². The summed E-state index contributed by atoms with van der Waals surface area (Å²) in [5, 5.41) is 2.79. The molecule has 1 unspecified atom stereocenters. The van der Waals surface area contributed by atoms with Crippen molar-refractivity contribution in [2.45, 2.75) is 90.4 Å². The molecule has 0 aliphatic carbocycles. The van der Waals surface area contributed by atoms with Crippen molar-refractivity contribution in [3.05, 3.63) is 59.7 Å². The number of hydrogen-bond donors (Lipinski definition) is 2. The van der Waals surface area contributed by atoms with Crippen LogP contribution in [0.2, 0.25) is 0 Å². The molecule has 2 N–H and O–H groups in total. The van der Waals surface area contributed by atoms with Gasteiger partial charge in [-0.25, -0.2) is 4.57 Å². The fourth-order valence-corrected chi connectivity index (χ4v) is 5.14. The summed E-state index contributed by atoms with van der Waals surface area (Å²) >= 11 is 0. The fraction of sp³-hybridized carbons (Fsp3) is 0.581. The summed E-state index contributed by atoms with van der Waals surface area (Å²) in [5.41, 5.74) is 0.608. The van der Waals surface area contributed by atoms with Crippen molar-refractivity contribution in [1.29, 1.82) is 0 Å². The minimum atomic E-state index is -4.34. The predicted octanol–water partition coefficient (Wildman–Crippen LogP) is 6.74. The van der Waals surface area contributed by atoms with Crippen LogP contribution in [0.15, 0.2) is 48.6 Å². The first kappa shape index (κ1) is 34.6. The molecule has 10 heteroatoms. The third-order valence-corrected chi connectivity index (χ3v) is 7.72. The molecule has 0 saturated carbocycles. The van der Waals surface area contributed by atoms with Gasteiger partial charge < -0.3 is 10.2 Å². The van der Waals surface area contributed by atoms with Crippen molar-refractivity contribution in [2.24, 2.45) is 0 Å². The number of nitrogens with zero attached hydrogens (tertiary/aromatic N) is 1. The average molecular weight is 591 g/mol. The highest BCUT2D eigenvalue weighted by molar-refractivity contribution is 7.47. The molecule has 3 amide bonds. The molecule has 0 bridgehead atoms. The Labute approximate surface area is 245 Å². The lowest BCUT2D eigenvalue weighted by atomic mass is 10.1. The first-order chi connectivity index (χ1) is 19.9. The molecule has 228 valence electrons. The first-order valence-corrected chi connectivity index (χ1v) is 16.5. The molecule has 1 heterocycles. The van der Waals surface area contributed by atoms with E-state index >= 15 is 0 Å². The maximum atomic E-state index is 12.3. The van der Waals surface area contributed by atoms with E-state index in [4.69, 9.17) is 9.05 Å². The molecule has 0 radical (unpaired) electrons. The molecule has 0 aromatic heterocycles. The Balaban J connectivity index is 1.41. The standard InChI is InChI=1S/C31H47N2O7P/c1-2-3-4-5-6-7-8-9-10-11-12-13-14-15-16-22-29(34)32-23-19-25-39-41(37,38)40-26-24-33-30(35)27-20-17-18-21-28(27)31(33)36/h6-7,9-10,17-18,20-21H,2-5,8,11-16,19,22-26H2,1H3,(H,32,34)(H,37,38). The second kappa shape index (κ2) is 20.3. The Hall–Kier alpha value is -2.58. The summed E-state index contributed by atoms with van der Waals surface area (Å²) in [6, 6.07) is 6.46. The largest absolute Gasteiger partial charge is 0.472 e. The lowest BCUT2D eigenvalue weighted by Gasteiger charge is -2.16. The molecule has 1 aromatic rings. The van der Waals surface area contributed by atoms with Gasteiger partial charge in [0.25, 0.3) is 11.8 Å². The number of carbonyl (C=O) groups excluding carboxylic acids is 3. The molecule has 0 spiro atoms. The molecular weight excluding hydrogens is 543 g/mol. The second-order valence-corrected chi connectivity index (χ2v) is 11.6. The van der Waals surface area contributed by atoms with Gasteiger partial charge in [0, 0.05) is 13.0 Å². The Kier molecular flexibility index (Phi) is 17.2. The first-order valence-electron chi connectivity index (χ1n) is 15.0. The summed E-state index contributed by atoms with van der Waals surface area (Å²) in [6.07, 6.45) is 22.3. The van der Waals surface area contributed by atoms with Gasteiger partial charge in [0.05, 0.1) is 30.9 Å². The summed E-state index contributed by atoms with van der Waals surface area (Å²) in [7, 11) is -4.34. The summed E-state index contributed by atoms with van der Waals surface area (Å²) in [6.45, 7) is 1.98. The van der Waals surface area contributed by atoms with E-state index in [9.17, 15) is 23.8 Å². The highest BCUT2D eigenvalue weighted by Gasteiger charge is 2.35. The molecule has 1 aromatic carbocycles. The van der Waals surface area contributed by atoms with Gasteiger partial charge in [-0.3, -0.25) is 28.3 Å². The molecule has 1 aliphatic heterocycles. The maximum absolute atomic E-state index is 12.3. The van der Waals surface area contributed by atoms with E-state index in [2.05, 4.69) is 36.5 Å². The van der Waals surface area contributed by atoms with Crippen molar-refractivity contribution < 1.29 is 32.9 Å². The van der Waals surface area contributed by atoms with Crippen molar-refractivity contribution in [2.75, 3.05) is 26.3 Å². The van der Waals surface area contributed by atoms with Gasteiger partial charge in [-0.2, -0.15) is 0 Å². The van der Waals surface area contributed by atoms with Crippen LogP contribution in [-0.2, 0) is 18.4 Å². The van der Waals surface area contributed by atoms with Gasteiger partial charge in [-0.15, -0.1) is 0 Å². The van der Waals surface area contributed by atoms with Crippen LogP contribution < -0.4 is 5.32 Å². The zero-order valence-electron chi connectivity index (χ0n) is 24.4. The van der Waals surface area contributed by atoms with Crippen LogP contribution in [0.4, 0.5) is 0 Å². The van der Waals surface area contributed by atoms with Gasteiger partial charge in [0.15, 0.2) is 0 Å². The Morgan fingerprint density at radius 2 is 1.44 bits per heavy atom. The third kappa shape index (κ3) is 14.2. The maximum Gasteiger partial charge on any atom is 0.472 e. The van der Waals surface area contributed by atoms with Crippen molar-refractivity contribution in [1.82, 2.24) is 10.2 Å². The van der Waals surface area contributed by atoms with E-state index in [0.717, 1.165) is 43.4 Å². The van der Waals surface area contributed by atoms with Gasteiger partial charge in [0.1, 0.15) is 0 Å². The number of carbonyl (C=O) groups is 3. The van der Waals surface area contributed by atoms with E-state index in [0.29, 0.717) is 30.5 Å². The van der Waals surface area contributed by atoms with E-state index in [1.54, 1.807) is 24.3 Å². The number of imide groups is 1. The summed E-state index contributed by atoms with van der Waals surface area (Å²) in [5.74, 6) is -0.961. The highest BCUT2D eigenvalue weighted by atomic mass is 31.2. The summed E-state index contributed by atoms with van der Waals surface area (Å²) < 4.78 is 21.9. The second-order valence-electron chi connectivity index (χ2n) is 10.1. The molecule has 0 saturated heterocycles. The zero-order valence-corrected chi connectivity index (χ0v) is 25.3. The molecule has 0 fully saturated rings. The van der Waals surface area contributed by atoms with Crippen LogP contribution in [-0.4, -0.2) is 53.8 Å². The monoisotopic (exact) mass is 590 g/mol. The number of rotatable bonds is 23. The normalized spacial score (nSPS) is 14.7. The van der Waals surface area contributed by atoms with Crippen LogP contribution in [0.25, 0.3) is 0 Å². The molecule has 9 nitrogen and oxygen atoms in total. The smallest absolute Gasteiger partial charge is 0.356 e. The minimum absolute atomic E-state index is 0.0416. The van der Waals surface area contributed by atoms with Gasteiger partial charge in [-0.1, -0.05) is 75.5 Å². The Morgan fingerprint density at radius 3 is 2.10 bits per heavy atom. The molecule has 2 rings (SSSR count). The van der Waals surface area contributed by atoms with Crippen LogP contribution in [0, 0.1) is 0 Å². The lowest BCUT2D eigenvalue weighted by Crippen LogP contribution is -2.32. The number of allylic oxidation sites excluding steroid dienone is 4. The highest BCUT2D eigenvalue weighted by Crippen LogP contribution is 2.43. The van der Waals surface area contributed by atoms with Crippen molar-refractivity contribution in [3.8, 4) is 0 Å². The Bertz CT molecular complexity index is 1020. The number of benzene rings is 1. The molecule has 1 atom stereocenters. The van der Waals surface area contributed by atoms with E-state index in [1.807, 2.05) is 0 Å². The molecule has 1 aliphatic rings. The minimum Gasteiger partial charge on any atom is -0.356 e. The number of amides is 3. The van der Waals surface area contributed by atoms with Crippen LogP contribution in [0.3, 0.4) is 0 Å². The fourth-order valence-electron chi connectivity index (χ4n) is 4.39. The van der Waals surface area contributed by atoms with Gasteiger partial charge >= 0.3 is 7.82 Å². The summed E-state index contributed by atoms with van der Waals surface area (Å²) in [4.78, 5) is 47.4. The number of hydrogen-bond acceptors (Lipinski definition) is 6. The van der Waals surface area contributed by atoms with E-state index < -0.39 is 19.6 Å². The van der Waals surface area contributed by atoms with Crippen LogP contribution in [0.1, 0.15) is 111 Å². The molecular formula is C31H47N2O7P. The number of phosphoric acid groups is 1. The zero-order chi connectivity index (χ0) is 29.8. The number of unbranched alkanes of at least 4 members (excludes halogenated alkanes) is 8. The number of fused-ring (bicyclic) bond motifs is 1. The molecule has 41 heavy (non-hydrogen) atoms. The van der Waals surface area contributed by atoms with Gasteiger partial charge in [0.2, 0.25) is 5.91 Å². The third-order valence-electron chi connectivity index (χ3n) is 6.70. The van der Waals surface area contributed by atoms with Crippen LogP contribution >= 0.6 is 7.82 Å². The van der Waals surface area contributed by atoms with Crippen molar-refractivity contribution >= 4 is 25.5 Å². The van der Waals surface area contributed by atoms with Crippen molar-refractivity contribution in [3.63, 3.8) is 0 Å². The SMILES string of the molecule is CCCCCC=CCC=CCCCCCCCC(=O)NCCCOP(=O)(O)OCCN1C(=O)c2ccccc2C1=O. The Morgan fingerprint density at radius 1 is 0.854 bits per heavy atom. The van der Waals surface area contributed by atoms with E-state index in [-0.39, 0.29) is 25.7 Å².